The van der Waals surface area contributed by atoms with Gasteiger partial charge >= 0.3 is 0 Å². The molecule has 0 radical (unpaired) electrons. The predicted octanol–water partition coefficient (Wildman–Crippen LogP) is 2.81. The maximum absolute atomic E-state index is 13.2. The summed E-state index contributed by atoms with van der Waals surface area (Å²) in [5, 5.41) is 8.19. The standard InChI is InChI=1S/C18H19ClFN5O/c1-11-15-16(19)14(18(26)21-8-9-24(2)3)10-22-17(15)25(23-11)13-6-4-12(20)5-7-13/h4-7,10H,8-9H2,1-3H3,(H,21,26). The van der Waals surface area contributed by atoms with Gasteiger partial charge in [0, 0.05) is 19.3 Å². The molecule has 0 fully saturated rings. The molecule has 0 atom stereocenters. The first kappa shape index (κ1) is 18.3. The number of fused-ring (bicyclic) bond motifs is 1. The summed E-state index contributed by atoms with van der Waals surface area (Å²) in [5.41, 5.74) is 2.13. The zero-order valence-corrected chi connectivity index (χ0v) is 15.5. The number of benzene rings is 1. The number of aryl methyl sites for hydroxylation is 1. The van der Waals surface area contributed by atoms with Gasteiger partial charge in [-0.15, -0.1) is 0 Å². The third kappa shape index (κ3) is 3.54. The number of carbonyl (C=O) groups is 1. The van der Waals surface area contributed by atoms with Crippen LogP contribution in [0.3, 0.4) is 0 Å². The van der Waals surface area contributed by atoms with Gasteiger partial charge in [0.2, 0.25) is 0 Å². The lowest BCUT2D eigenvalue weighted by Gasteiger charge is -2.11. The van der Waals surface area contributed by atoms with Crippen LogP contribution in [0.4, 0.5) is 4.39 Å². The Morgan fingerprint density at radius 1 is 1.31 bits per heavy atom. The highest BCUT2D eigenvalue weighted by atomic mass is 35.5. The van der Waals surface area contributed by atoms with Crippen LogP contribution in [0.1, 0.15) is 16.1 Å². The van der Waals surface area contributed by atoms with E-state index in [1.165, 1.54) is 18.3 Å². The number of hydrogen-bond donors (Lipinski definition) is 1. The lowest BCUT2D eigenvalue weighted by atomic mass is 10.2. The summed E-state index contributed by atoms with van der Waals surface area (Å²) in [6.45, 7) is 3.03. The predicted molar refractivity (Wildman–Crippen MR) is 99.5 cm³/mol. The molecule has 0 aliphatic rings. The Kier molecular flexibility index (Phi) is 5.20. The summed E-state index contributed by atoms with van der Waals surface area (Å²) in [6.07, 6.45) is 1.44. The maximum Gasteiger partial charge on any atom is 0.254 e. The number of amides is 1. The molecule has 0 spiro atoms. The number of carbonyl (C=O) groups excluding carboxylic acids is 1. The Bertz CT molecular complexity index is 952. The Balaban J connectivity index is 1.98. The zero-order valence-electron chi connectivity index (χ0n) is 14.8. The van der Waals surface area contributed by atoms with Crippen LogP contribution in [0, 0.1) is 12.7 Å². The Labute approximate surface area is 155 Å². The molecule has 0 aliphatic carbocycles. The third-order valence-electron chi connectivity index (χ3n) is 3.97. The van der Waals surface area contributed by atoms with Gasteiger partial charge in [0.15, 0.2) is 5.65 Å². The molecule has 0 saturated carbocycles. The molecule has 1 amide bonds. The molecule has 3 aromatic rings. The summed E-state index contributed by atoms with van der Waals surface area (Å²) in [6, 6.07) is 5.93. The van der Waals surface area contributed by atoms with E-state index in [-0.39, 0.29) is 11.7 Å². The molecule has 0 bridgehead atoms. The zero-order chi connectivity index (χ0) is 18.8. The lowest BCUT2D eigenvalue weighted by molar-refractivity contribution is 0.0951. The van der Waals surface area contributed by atoms with E-state index in [2.05, 4.69) is 15.4 Å². The minimum Gasteiger partial charge on any atom is -0.351 e. The van der Waals surface area contributed by atoms with Gasteiger partial charge in [-0.2, -0.15) is 5.10 Å². The van der Waals surface area contributed by atoms with E-state index in [0.717, 1.165) is 6.54 Å². The van der Waals surface area contributed by atoms with Gasteiger partial charge in [0.1, 0.15) is 5.82 Å². The quantitative estimate of drug-likeness (QED) is 0.744. The molecule has 0 unspecified atom stereocenters. The van der Waals surface area contributed by atoms with Crippen LogP contribution >= 0.6 is 11.6 Å². The first-order chi connectivity index (χ1) is 12.4. The minimum absolute atomic E-state index is 0.278. The third-order valence-corrected chi connectivity index (χ3v) is 4.36. The van der Waals surface area contributed by atoms with Crippen LogP contribution in [-0.2, 0) is 0 Å². The van der Waals surface area contributed by atoms with Crippen LogP contribution in [0.25, 0.3) is 16.7 Å². The van der Waals surface area contributed by atoms with Gasteiger partial charge in [0.05, 0.1) is 27.4 Å². The van der Waals surface area contributed by atoms with E-state index in [9.17, 15) is 9.18 Å². The highest BCUT2D eigenvalue weighted by Crippen LogP contribution is 2.29. The number of halogens is 2. The fraction of sp³-hybridized carbons (Fsp3) is 0.278. The van der Waals surface area contributed by atoms with Crippen molar-refractivity contribution in [1.29, 1.82) is 0 Å². The first-order valence-corrected chi connectivity index (χ1v) is 8.49. The monoisotopic (exact) mass is 375 g/mol. The van der Waals surface area contributed by atoms with Crippen molar-refractivity contribution in [2.24, 2.45) is 0 Å². The summed E-state index contributed by atoms with van der Waals surface area (Å²) in [5.74, 6) is -0.607. The number of aromatic nitrogens is 3. The molecule has 2 aromatic heterocycles. The SMILES string of the molecule is Cc1nn(-c2ccc(F)cc2)c2ncc(C(=O)NCCN(C)C)c(Cl)c12. The molecular formula is C18H19ClFN5O. The number of likely N-dealkylation sites (N-methyl/N-ethyl adjacent to an activating group) is 1. The topological polar surface area (TPSA) is 63.1 Å². The van der Waals surface area contributed by atoms with Gasteiger partial charge in [-0.1, -0.05) is 11.6 Å². The van der Waals surface area contributed by atoms with Gasteiger partial charge in [0.25, 0.3) is 5.91 Å². The Hall–Kier alpha value is -2.51. The number of rotatable bonds is 5. The second-order valence-corrected chi connectivity index (χ2v) is 6.60. The molecule has 136 valence electrons. The van der Waals surface area contributed by atoms with Gasteiger partial charge in [-0.25, -0.2) is 14.1 Å². The number of nitrogens with zero attached hydrogens (tertiary/aromatic N) is 4. The van der Waals surface area contributed by atoms with Crippen LogP contribution in [-0.4, -0.2) is 52.8 Å². The average Bonchev–Trinajstić information content (AvgIpc) is 2.93. The molecule has 26 heavy (non-hydrogen) atoms. The molecule has 0 saturated heterocycles. The normalized spacial score (nSPS) is 11.3. The molecule has 2 heterocycles. The average molecular weight is 376 g/mol. The van der Waals surface area contributed by atoms with Crippen molar-refractivity contribution in [3.05, 3.63) is 52.6 Å². The maximum atomic E-state index is 13.2. The molecule has 8 heteroatoms. The molecule has 3 rings (SSSR count). The van der Waals surface area contributed by atoms with Crippen molar-refractivity contribution in [3.8, 4) is 5.69 Å². The minimum atomic E-state index is -0.329. The van der Waals surface area contributed by atoms with Crippen molar-refractivity contribution in [2.75, 3.05) is 27.2 Å². The smallest absolute Gasteiger partial charge is 0.254 e. The second kappa shape index (κ2) is 7.39. The number of nitrogens with one attached hydrogen (secondary N) is 1. The number of hydrogen-bond acceptors (Lipinski definition) is 4. The second-order valence-electron chi connectivity index (χ2n) is 6.22. The van der Waals surface area contributed by atoms with Crippen molar-refractivity contribution < 1.29 is 9.18 Å². The van der Waals surface area contributed by atoms with Crippen LogP contribution in [0.2, 0.25) is 5.02 Å². The highest BCUT2D eigenvalue weighted by molar-refractivity contribution is 6.38. The van der Waals surface area contributed by atoms with Crippen LogP contribution < -0.4 is 5.32 Å². The fourth-order valence-corrected chi connectivity index (χ4v) is 2.97. The molecule has 1 N–H and O–H groups in total. The van der Waals surface area contributed by atoms with Gasteiger partial charge < -0.3 is 10.2 Å². The van der Waals surface area contributed by atoms with Gasteiger partial charge in [-0.05, 0) is 45.3 Å². The van der Waals surface area contributed by atoms with Crippen LogP contribution in [0.15, 0.2) is 30.5 Å². The highest BCUT2D eigenvalue weighted by Gasteiger charge is 2.19. The van der Waals surface area contributed by atoms with E-state index in [1.54, 1.807) is 23.7 Å². The Morgan fingerprint density at radius 3 is 2.65 bits per heavy atom. The summed E-state index contributed by atoms with van der Waals surface area (Å²) in [4.78, 5) is 18.7. The fourth-order valence-electron chi connectivity index (χ4n) is 2.62. The molecule has 0 aliphatic heterocycles. The van der Waals surface area contributed by atoms with E-state index in [0.29, 0.717) is 39.5 Å². The summed E-state index contributed by atoms with van der Waals surface area (Å²) < 4.78 is 14.8. The molecular weight excluding hydrogens is 357 g/mol. The van der Waals surface area contributed by atoms with Gasteiger partial charge in [-0.3, -0.25) is 4.79 Å². The number of pyridine rings is 1. The van der Waals surface area contributed by atoms with Crippen molar-refractivity contribution in [1.82, 2.24) is 25.0 Å². The van der Waals surface area contributed by atoms with Crippen molar-refractivity contribution in [3.63, 3.8) is 0 Å². The van der Waals surface area contributed by atoms with E-state index in [1.807, 2.05) is 19.0 Å². The lowest BCUT2D eigenvalue weighted by Crippen LogP contribution is -2.31. The van der Waals surface area contributed by atoms with Crippen LogP contribution in [0.5, 0.6) is 0 Å². The van der Waals surface area contributed by atoms with Crippen molar-refractivity contribution >= 4 is 28.5 Å². The largest absolute Gasteiger partial charge is 0.351 e. The first-order valence-electron chi connectivity index (χ1n) is 8.11. The van der Waals surface area contributed by atoms with Crippen molar-refractivity contribution in [2.45, 2.75) is 6.92 Å². The summed E-state index contributed by atoms with van der Waals surface area (Å²) >= 11 is 6.48. The summed E-state index contributed by atoms with van der Waals surface area (Å²) in [7, 11) is 3.86. The Morgan fingerprint density at radius 2 is 2.00 bits per heavy atom. The van der Waals surface area contributed by atoms with E-state index in [4.69, 9.17) is 11.6 Å². The van der Waals surface area contributed by atoms with E-state index < -0.39 is 0 Å². The van der Waals surface area contributed by atoms with E-state index >= 15 is 0 Å². The molecule has 6 nitrogen and oxygen atoms in total. The molecule has 1 aromatic carbocycles.